The highest BCUT2D eigenvalue weighted by atomic mass is 16.1. The molecule has 1 aromatic carbocycles. The summed E-state index contributed by atoms with van der Waals surface area (Å²) in [5, 5.41) is 2.87. The van der Waals surface area contributed by atoms with Crippen molar-refractivity contribution in [3.63, 3.8) is 0 Å². The van der Waals surface area contributed by atoms with Crippen molar-refractivity contribution >= 4 is 5.91 Å². The van der Waals surface area contributed by atoms with E-state index in [2.05, 4.69) is 11.2 Å². The maximum absolute atomic E-state index is 11.6. The van der Waals surface area contributed by atoms with Gasteiger partial charge in [0.25, 0.3) is 5.91 Å². The van der Waals surface area contributed by atoms with Crippen LogP contribution in [0.1, 0.15) is 35.2 Å². The second-order valence-corrected chi connectivity index (χ2v) is 3.78. The Morgan fingerprint density at radius 2 is 2.00 bits per heavy atom. The Morgan fingerprint density at radius 3 is 2.62 bits per heavy atom. The number of rotatable bonds is 5. The standard InChI is InChI=1S/C14H17NO/c1-3-4-5-6-11-15-14(16)13-9-7-12(2)8-10-13/h1,7-10H,4-6,11H2,2H3,(H,15,16). The predicted octanol–water partition coefficient (Wildman–Crippen LogP) is 2.53. The fourth-order valence-corrected chi connectivity index (χ4v) is 1.36. The molecule has 84 valence electrons. The summed E-state index contributed by atoms with van der Waals surface area (Å²) in [5.74, 6) is 2.57. The van der Waals surface area contributed by atoms with Crippen LogP contribution < -0.4 is 5.32 Å². The maximum Gasteiger partial charge on any atom is 0.251 e. The molecule has 0 bridgehead atoms. The molecule has 0 unspecified atom stereocenters. The molecule has 1 rings (SSSR count). The number of carbonyl (C=O) groups excluding carboxylic acids is 1. The molecule has 0 aliphatic rings. The van der Waals surface area contributed by atoms with Crippen molar-refractivity contribution in [2.45, 2.75) is 26.2 Å². The summed E-state index contributed by atoms with van der Waals surface area (Å²) in [5.41, 5.74) is 1.87. The van der Waals surface area contributed by atoms with E-state index in [1.165, 1.54) is 0 Å². The molecule has 1 amide bonds. The van der Waals surface area contributed by atoms with Gasteiger partial charge in [0.05, 0.1) is 0 Å². The van der Waals surface area contributed by atoms with Crippen LogP contribution in [0.25, 0.3) is 0 Å². The molecule has 0 spiro atoms. The SMILES string of the molecule is C#CCCCCNC(=O)c1ccc(C)cc1. The summed E-state index contributed by atoms with van der Waals surface area (Å²) in [7, 11) is 0. The van der Waals surface area contributed by atoms with Gasteiger partial charge in [-0.3, -0.25) is 4.79 Å². The summed E-state index contributed by atoms with van der Waals surface area (Å²) in [6, 6.07) is 7.55. The van der Waals surface area contributed by atoms with E-state index in [-0.39, 0.29) is 5.91 Å². The zero-order chi connectivity index (χ0) is 11.8. The highest BCUT2D eigenvalue weighted by molar-refractivity contribution is 5.94. The van der Waals surface area contributed by atoms with E-state index in [1.54, 1.807) is 0 Å². The minimum absolute atomic E-state index is 0.0132. The molecule has 0 saturated heterocycles. The monoisotopic (exact) mass is 215 g/mol. The zero-order valence-electron chi connectivity index (χ0n) is 9.62. The van der Waals surface area contributed by atoms with Gasteiger partial charge in [0.15, 0.2) is 0 Å². The van der Waals surface area contributed by atoms with Crippen LogP contribution in [0.2, 0.25) is 0 Å². The largest absolute Gasteiger partial charge is 0.352 e. The second-order valence-electron chi connectivity index (χ2n) is 3.78. The first-order valence-corrected chi connectivity index (χ1v) is 5.52. The number of unbranched alkanes of at least 4 members (excludes halogenated alkanes) is 2. The molecule has 0 aliphatic heterocycles. The van der Waals surface area contributed by atoms with Gasteiger partial charge in [-0.15, -0.1) is 12.3 Å². The Kier molecular flexibility index (Phi) is 5.15. The summed E-state index contributed by atoms with van der Waals surface area (Å²) in [6.45, 7) is 2.69. The highest BCUT2D eigenvalue weighted by Gasteiger charge is 2.02. The van der Waals surface area contributed by atoms with Gasteiger partial charge in [0, 0.05) is 18.5 Å². The van der Waals surface area contributed by atoms with Crippen LogP contribution in [0.5, 0.6) is 0 Å². The first kappa shape index (κ1) is 12.3. The summed E-state index contributed by atoms with van der Waals surface area (Å²) in [4.78, 5) is 11.6. The maximum atomic E-state index is 11.6. The van der Waals surface area contributed by atoms with Crippen LogP contribution in [0.15, 0.2) is 24.3 Å². The second kappa shape index (κ2) is 6.68. The number of hydrogen-bond acceptors (Lipinski definition) is 1. The number of nitrogens with one attached hydrogen (secondary N) is 1. The lowest BCUT2D eigenvalue weighted by molar-refractivity contribution is 0.0953. The third-order valence-electron chi connectivity index (χ3n) is 2.35. The molecule has 0 fully saturated rings. The third-order valence-corrected chi connectivity index (χ3v) is 2.35. The third kappa shape index (κ3) is 4.18. The fourth-order valence-electron chi connectivity index (χ4n) is 1.36. The topological polar surface area (TPSA) is 29.1 Å². The molecule has 0 heterocycles. The number of aryl methyl sites for hydroxylation is 1. The highest BCUT2D eigenvalue weighted by Crippen LogP contribution is 2.02. The van der Waals surface area contributed by atoms with E-state index in [1.807, 2.05) is 31.2 Å². The molecule has 2 heteroatoms. The van der Waals surface area contributed by atoms with Crippen molar-refractivity contribution in [3.05, 3.63) is 35.4 Å². The van der Waals surface area contributed by atoms with E-state index in [0.29, 0.717) is 12.1 Å². The van der Waals surface area contributed by atoms with E-state index < -0.39 is 0 Å². The van der Waals surface area contributed by atoms with Crippen LogP contribution in [0.4, 0.5) is 0 Å². The molecule has 0 saturated carbocycles. The minimum atomic E-state index is -0.0132. The molecule has 16 heavy (non-hydrogen) atoms. The molecule has 0 radical (unpaired) electrons. The van der Waals surface area contributed by atoms with Gasteiger partial charge in [-0.25, -0.2) is 0 Å². The average Bonchev–Trinajstić information content (AvgIpc) is 2.29. The van der Waals surface area contributed by atoms with Gasteiger partial charge in [0.2, 0.25) is 0 Å². The van der Waals surface area contributed by atoms with Gasteiger partial charge in [-0.2, -0.15) is 0 Å². The van der Waals surface area contributed by atoms with Gasteiger partial charge in [-0.05, 0) is 31.9 Å². The molecular formula is C14H17NO. The van der Waals surface area contributed by atoms with Crippen LogP contribution >= 0.6 is 0 Å². The first-order valence-electron chi connectivity index (χ1n) is 5.52. The minimum Gasteiger partial charge on any atom is -0.352 e. The Hall–Kier alpha value is -1.75. The van der Waals surface area contributed by atoms with E-state index in [4.69, 9.17) is 6.42 Å². The Balaban J connectivity index is 2.30. The molecule has 0 aliphatic carbocycles. The molecular weight excluding hydrogens is 198 g/mol. The number of terminal acetylenes is 1. The molecule has 0 atom stereocenters. The van der Waals surface area contributed by atoms with Crippen molar-refractivity contribution in [1.82, 2.24) is 5.32 Å². The smallest absolute Gasteiger partial charge is 0.251 e. The predicted molar refractivity (Wildman–Crippen MR) is 66.2 cm³/mol. The van der Waals surface area contributed by atoms with Crippen LogP contribution in [0, 0.1) is 19.3 Å². The van der Waals surface area contributed by atoms with Crippen molar-refractivity contribution in [3.8, 4) is 12.3 Å². The van der Waals surface area contributed by atoms with Crippen LogP contribution in [0.3, 0.4) is 0 Å². The molecule has 1 aromatic rings. The van der Waals surface area contributed by atoms with E-state index in [9.17, 15) is 4.79 Å². The van der Waals surface area contributed by atoms with Crippen molar-refractivity contribution < 1.29 is 4.79 Å². The average molecular weight is 215 g/mol. The van der Waals surface area contributed by atoms with Gasteiger partial charge in [-0.1, -0.05) is 17.7 Å². The van der Waals surface area contributed by atoms with Crippen LogP contribution in [-0.2, 0) is 0 Å². The number of benzene rings is 1. The van der Waals surface area contributed by atoms with Gasteiger partial charge >= 0.3 is 0 Å². The number of hydrogen-bond donors (Lipinski definition) is 1. The molecule has 1 N–H and O–H groups in total. The quantitative estimate of drug-likeness (QED) is 0.593. The summed E-state index contributed by atoms with van der Waals surface area (Å²) in [6.07, 6.45) is 7.81. The van der Waals surface area contributed by atoms with Gasteiger partial charge in [0.1, 0.15) is 0 Å². The van der Waals surface area contributed by atoms with Crippen molar-refractivity contribution in [2.24, 2.45) is 0 Å². The Bertz CT molecular complexity index is 373. The van der Waals surface area contributed by atoms with E-state index in [0.717, 1.165) is 24.8 Å². The lowest BCUT2D eigenvalue weighted by atomic mass is 10.1. The fraction of sp³-hybridized carbons (Fsp3) is 0.357. The summed E-state index contributed by atoms with van der Waals surface area (Å²) >= 11 is 0. The van der Waals surface area contributed by atoms with Crippen molar-refractivity contribution in [1.29, 1.82) is 0 Å². The molecule has 2 nitrogen and oxygen atoms in total. The summed E-state index contributed by atoms with van der Waals surface area (Å²) < 4.78 is 0. The van der Waals surface area contributed by atoms with E-state index >= 15 is 0 Å². The van der Waals surface area contributed by atoms with Crippen LogP contribution in [-0.4, -0.2) is 12.5 Å². The van der Waals surface area contributed by atoms with Crippen molar-refractivity contribution in [2.75, 3.05) is 6.54 Å². The lowest BCUT2D eigenvalue weighted by Gasteiger charge is -2.04. The lowest BCUT2D eigenvalue weighted by Crippen LogP contribution is -2.24. The Morgan fingerprint density at radius 1 is 1.31 bits per heavy atom. The normalized spacial score (nSPS) is 9.50. The molecule has 0 aromatic heterocycles. The Labute approximate surface area is 97.1 Å². The van der Waals surface area contributed by atoms with Gasteiger partial charge < -0.3 is 5.32 Å². The first-order chi connectivity index (χ1) is 7.74. The zero-order valence-corrected chi connectivity index (χ0v) is 9.62. The number of amides is 1. The number of carbonyl (C=O) groups is 1.